The molecule has 110 valence electrons. The van der Waals surface area contributed by atoms with Crippen LogP contribution in [0.3, 0.4) is 0 Å². The lowest BCUT2D eigenvalue weighted by atomic mass is 10.1. The Balaban J connectivity index is 2.01. The van der Waals surface area contributed by atoms with Crippen molar-refractivity contribution in [3.05, 3.63) is 35.9 Å². The highest BCUT2D eigenvalue weighted by atomic mass is 16.7. The molecule has 4 atom stereocenters. The van der Waals surface area contributed by atoms with E-state index in [9.17, 15) is 4.79 Å². The summed E-state index contributed by atoms with van der Waals surface area (Å²) < 4.78 is 21.4. The van der Waals surface area contributed by atoms with Crippen molar-refractivity contribution in [3.63, 3.8) is 0 Å². The summed E-state index contributed by atoms with van der Waals surface area (Å²) in [5.74, 6) is -1.09. The lowest BCUT2D eigenvalue weighted by Crippen LogP contribution is -2.39. The summed E-state index contributed by atoms with van der Waals surface area (Å²) >= 11 is 0. The topological polar surface area (TPSA) is 74.2 Å². The first-order valence-electron chi connectivity index (χ1n) is 6.26. The molecule has 1 saturated heterocycles. The monoisotopic (exact) mass is 282 g/mol. The highest BCUT2D eigenvalue weighted by molar-refractivity contribution is 5.73. The molecule has 1 aliphatic heterocycles. The number of carbonyl (C=O) groups is 1. The van der Waals surface area contributed by atoms with E-state index in [-0.39, 0.29) is 0 Å². The smallest absolute Gasteiger partial charge is 0.335 e. The van der Waals surface area contributed by atoms with E-state index in [0.29, 0.717) is 6.61 Å². The summed E-state index contributed by atoms with van der Waals surface area (Å²) in [6.45, 7) is 0.314. The van der Waals surface area contributed by atoms with Gasteiger partial charge in [-0.1, -0.05) is 30.3 Å². The molecule has 1 heterocycles. The van der Waals surface area contributed by atoms with Gasteiger partial charge in [-0.2, -0.15) is 0 Å². The first kappa shape index (κ1) is 14.9. The number of ether oxygens (including phenoxy) is 4. The van der Waals surface area contributed by atoms with Gasteiger partial charge in [0.05, 0.1) is 6.61 Å². The molecule has 0 radical (unpaired) electrons. The third-order valence-electron chi connectivity index (χ3n) is 3.22. The number of rotatable bonds is 6. The molecule has 0 spiro atoms. The minimum absolute atomic E-state index is 0.314. The Labute approximate surface area is 117 Å². The number of hydrogen-bond acceptors (Lipinski definition) is 5. The van der Waals surface area contributed by atoms with Gasteiger partial charge in [0, 0.05) is 14.2 Å². The van der Waals surface area contributed by atoms with Crippen LogP contribution in [-0.2, 0) is 30.3 Å². The second-order valence-electron chi connectivity index (χ2n) is 4.46. The molecule has 0 unspecified atom stereocenters. The Hall–Kier alpha value is -1.47. The van der Waals surface area contributed by atoms with Crippen molar-refractivity contribution >= 4 is 5.97 Å². The highest BCUT2D eigenvalue weighted by Crippen LogP contribution is 2.27. The van der Waals surface area contributed by atoms with Crippen LogP contribution in [0.1, 0.15) is 5.56 Å². The van der Waals surface area contributed by atoms with E-state index < -0.39 is 30.6 Å². The van der Waals surface area contributed by atoms with Crippen LogP contribution in [-0.4, -0.2) is 49.9 Å². The summed E-state index contributed by atoms with van der Waals surface area (Å²) in [6.07, 6.45) is -3.14. The van der Waals surface area contributed by atoms with E-state index in [2.05, 4.69) is 0 Å². The molecule has 0 aromatic heterocycles. The van der Waals surface area contributed by atoms with Gasteiger partial charge in [-0.15, -0.1) is 0 Å². The minimum atomic E-state index is -1.09. The molecule has 1 fully saturated rings. The summed E-state index contributed by atoms with van der Waals surface area (Å²) in [6, 6.07) is 9.55. The average Bonchev–Trinajstić information content (AvgIpc) is 2.84. The fourth-order valence-corrected chi connectivity index (χ4v) is 2.21. The Morgan fingerprint density at radius 3 is 2.40 bits per heavy atom. The summed E-state index contributed by atoms with van der Waals surface area (Å²) in [5, 5.41) is 9.11. The van der Waals surface area contributed by atoms with Crippen LogP contribution in [0.15, 0.2) is 30.3 Å². The van der Waals surface area contributed by atoms with Gasteiger partial charge in [0.1, 0.15) is 12.2 Å². The molecule has 0 amide bonds. The fraction of sp³-hybridized carbons (Fsp3) is 0.500. The van der Waals surface area contributed by atoms with E-state index in [1.165, 1.54) is 14.2 Å². The third kappa shape index (κ3) is 3.16. The maximum absolute atomic E-state index is 11.1. The van der Waals surface area contributed by atoms with Gasteiger partial charge in [-0.25, -0.2) is 4.79 Å². The third-order valence-corrected chi connectivity index (χ3v) is 3.22. The zero-order valence-corrected chi connectivity index (χ0v) is 11.4. The van der Waals surface area contributed by atoms with Gasteiger partial charge < -0.3 is 24.1 Å². The lowest BCUT2D eigenvalue weighted by molar-refractivity contribution is -0.187. The van der Waals surface area contributed by atoms with E-state index in [1.807, 2.05) is 30.3 Å². The molecule has 2 rings (SSSR count). The lowest BCUT2D eigenvalue weighted by Gasteiger charge is -2.20. The zero-order valence-electron chi connectivity index (χ0n) is 11.4. The number of carboxylic acid groups (broad SMARTS) is 1. The van der Waals surface area contributed by atoms with Crippen LogP contribution >= 0.6 is 0 Å². The normalized spacial score (nSPS) is 29.5. The molecule has 1 aromatic rings. The van der Waals surface area contributed by atoms with Gasteiger partial charge >= 0.3 is 5.97 Å². The van der Waals surface area contributed by atoms with E-state index >= 15 is 0 Å². The maximum atomic E-state index is 11.1. The van der Waals surface area contributed by atoms with Crippen molar-refractivity contribution in [1.29, 1.82) is 0 Å². The number of benzene rings is 1. The number of carboxylic acids is 1. The van der Waals surface area contributed by atoms with Crippen molar-refractivity contribution < 1.29 is 28.8 Å². The molecule has 20 heavy (non-hydrogen) atoms. The van der Waals surface area contributed by atoms with Crippen LogP contribution in [0.2, 0.25) is 0 Å². The quantitative estimate of drug-likeness (QED) is 0.840. The molecule has 6 heteroatoms. The molecule has 1 N–H and O–H groups in total. The van der Waals surface area contributed by atoms with E-state index in [4.69, 9.17) is 24.1 Å². The highest BCUT2D eigenvalue weighted by Gasteiger charge is 2.49. The van der Waals surface area contributed by atoms with E-state index in [0.717, 1.165) is 5.56 Å². The van der Waals surface area contributed by atoms with Gasteiger partial charge in [0.25, 0.3) is 0 Å². The van der Waals surface area contributed by atoms with Crippen LogP contribution in [0.5, 0.6) is 0 Å². The molecule has 0 aliphatic carbocycles. The fourth-order valence-electron chi connectivity index (χ4n) is 2.21. The molecule has 6 nitrogen and oxygen atoms in total. The second-order valence-corrected chi connectivity index (χ2v) is 4.46. The predicted octanol–water partition coefficient (Wildman–Crippen LogP) is 1.04. The summed E-state index contributed by atoms with van der Waals surface area (Å²) in [7, 11) is 2.90. The second kappa shape index (κ2) is 6.81. The standard InChI is InChI=1S/C14H18O6/c1-17-10-11(13(15)16)20-14(12(10)18-2)19-8-9-6-4-3-5-7-9/h3-7,10-12,14H,8H2,1-2H3,(H,15,16)/t10-,11-,12+,14+/m0/s1. The van der Waals surface area contributed by atoms with Crippen molar-refractivity contribution in [2.24, 2.45) is 0 Å². The molecule has 1 aliphatic rings. The van der Waals surface area contributed by atoms with Crippen LogP contribution < -0.4 is 0 Å². The first-order valence-corrected chi connectivity index (χ1v) is 6.26. The van der Waals surface area contributed by atoms with Crippen LogP contribution in [0, 0.1) is 0 Å². The molecule has 1 aromatic carbocycles. The van der Waals surface area contributed by atoms with Gasteiger partial charge in [0.2, 0.25) is 0 Å². The summed E-state index contributed by atoms with van der Waals surface area (Å²) in [4.78, 5) is 11.1. The van der Waals surface area contributed by atoms with Crippen molar-refractivity contribution in [1.82, 2.24) is 0 Å². The maximum Gasteiger partial charge on any atom is 0.335 e. The number of hydrogen-bond donors (Lipinski definition) is 1. The SMILES string of the molecule is CO[C@@H]1[C@@H](OC)[C@H](OCc2ccccc2)O[C@@H]1C(=O)O. The zero-order chi connectivity index (χ0) is 14.5. The van der Waals surface area contributed by atoms with Crippen molar-refractivity contribution in [3.8, 4) is 0 Å². The Morgan fingerprint density at radius 2 is 1.85 bits per heavy atom. The molecule has 0 saturated carbocycles. The Kier molecular flexibility index (Phi) is 5.08. The van der Waals surface area contributed by atoms with Gasteiger partial charge in [-0.3, -0.25) is 0 Å². The minimum Gasteiger partial charge on any atom is -0.479 e. The Bertz CT molecular complexity index is 435. The first-order chi connectivity index (χ1) is 9.67. The predicted molar refractivity (Wildman–Crippen MR) is 69.1 cm³/mol. The van der Waals surface area contributed by atoms with Crippen molar-refractivity contribution in [2.45, 2.75) is 31.2 Å². The number of aliphatic carboxylic acids is 1. The van der Waals surface area contributed by atoms with Gasteiger partial charge in [-0.05, 0) is 5.56 Å². The largest absolute Gasteiger partial charge is 0.479 e. The number of methoxy groups -OCH3 is 2. The average molecular weight is 282 g/mol. The van der Waals surface area contributed by atoms with E-state index in [1.54, 1.807) is 0 Å². The van der Waals surface area contributed by atoms with Gasteiger partial charge in [0.15, 0.2) is 12.4 Å². The molecular formula is C14H18O6. The molecular weight excluding hydrogens is 264 g/mol. The summed E-state index contributed by atoms with van der Waals surface area (Å²) in [5.41, 5.74) is 0.971. The van der Waals surface area contributed by atoms with Crippen molar-refractivity contribution in [2.75, 3.05) is 14.2 Å². The van der Waals surface area contributed by atoms with Crippen LogP contribution in [0.4, 0.5) is 0 Å². The van der Waals surface area contributed by atoms with Crippen LogP contribution in [0.25, 0.3) is 0 Å². The Morgan fingerprint density at radius 1 is 1.20 bits per heavy atom. The molecule has 0 bridgehead atoms.